The molecule has 0 amide bonds. The molecule has 1 saturated heterocycles. The Bertz CT molecular complexity index is 1120. The summed E-state index contributed by atoms with van der Waals surface area (Å²) in [7, 11) is 0. The molecule has 0 N–H and O–H groups in total. The van der Waals surface area contributed by atoms with Crippen molar-refractivity contribution in [1.82, 2.24) is 0 Å². The molecule has 2 heteroatoms. The number of hydrogen-bond donors (Lipinski definition) is 0. The zero-order chi connectivity index (χ0) is 18.5. The van der Waals surface area contributed by atoms with E-state index in [1.807, 2.05) is 0 Å². The number of rotatable bonds is 3. The fourth-order valence-corrected chi connectivity index (χ4v) is 5.02. The van der Waals surface area contributed by atoms with Gasteiger partial charge in [0, 0.05) is 11.8 Å². The Hall–Kier alpha value is -2.19. The van der Waals surface area contributed by atoms with Gasteiger partial charge in [0.15, 0.2) is 0 Å². The first-order valence-electron chi connectivity index (χ1n) is 10.2. The van der Waals surface area contributed by atoms with Gasteiger partial charge in [0.2, 0.25) is 0 Å². The van der Waals surface area contributed by atoms with E-state index < -0.39 is 0 Å². The quantitative estimate of drug-likeness (QED) is 0.841. The van der Waals surface area contributed by atoms with Crippen LogP contribution in [0.4, 0.5) is 0 Å². The van der Waals surface area contributed by atoms with E-state index in [-0.39, 0.29) is 11.8 Å². The Morgan fingerprint density at radius 1 is 1.00 bits per heavy atom. The van der Waals surface area contributed by atoms with Gasteiger partial charge in [-0.1, -0.05) is 62.4 Å². The minimum Gasteiger partial charge on any atom is -0.380 e. The molecule has 2 aliphatic carbocycles. The van der Waals surface area contributed by atoms with Crippen LogP contribution in [0.25, 0.3) is 12.2 Å². The van der Waals surface area contributed by atoms with E-state index in [1.165, 1.54) is 32.0 Å². The summed E-state index contributed by atoms with van der Waals surface area (Å²) in [6, 6.07) is 13.2. The molecular formula is C25H26O2. The van der Waals surface area contributed by atoms with Crippen LogP contribution in [-0.2, 0) is 9.53 Å². The summed E-state index contributed by atoms with van der Waals surface area (Å²) >= 11 is 0. The highest BCUT2D eigenvalue weighted by Crippen LogP contribution is 2.38. The van der Waals surface area contributed by atoms with Gasteiger partial charge < -0.3 is 4.74 Å². The maximum absolute atomic E-state index is 13.2. The van der Waals surface area contributed by atoms with Crippen molar-refractivity contribution < 1.29 is 9.53 Å². The number of fused-ring (bicyclic) bond motifs is 4. The lowest BCUT2D eigenvalue weighted by atomic mass is 9.72. The van der Waals surface area contributed by atoms with Crippen LogP contribution in [0.2, 0.25) is 0 Å². The summed E-state index contributed by atoms with van der Waals surface area (Å²) in [5.74, 6) is 1.35. The molecule has 5 rings (SSSR count). The predicted molar refractivity (Wildman–Crippen MR) is 108 cm³/mol. The highest BCUT2D eigenvalue weighted by molar-refractivity contribution is 5.89. The Kier molecular flexibility index (Phi) is 4.05. The zero-order valence-corrected chi connectivity index (χ0v) is 16.1. The lowest BCUT2D eigenvalue weighted by molar-refractivity contribution is -0.138. The van der Waals surface area contributed by atoms with E-state index in [1.54, 1.807) is 0 Å². The van der Waals surface area contributed by atoms with E-state index in [9.17, 15) is 4.79 Å². The third kappa shape index (κ3) is 2.62. The Balaban J connectivity index is 1.84. The molecule has 3 aliphatic rings. The summed E-state index contributed by atoms with van der Waals surface area (Å²) in [4.78, 5) is 13.2. The number of benzene rings is 2. The highest BCUT2D eigenvalue weighted by atomic mass is 16.5. The number of carbonyl (C=O) groups excluding carboxylic acids is 1. The maximum Gasteiger partial charge on any atom is 0.148 e. The summed E-state index contributed by atoms with van der Waals surface area (Å²) in [6.07, 6.45) is 6.67. The second kappa shape index (κ2) is 6.45. The molecule has 0 bridgehead atoms. The summed E-state index contributed by atoms with van der Waals surface area (Å²) in [5.41, 5.74) is 2.70. The Labute approximate surface area is 159 Å². The van der Waals surface area contributed by atoms with E-state index in [0.29, 0.717) is 30.8 Å². The first kappa shape index (κ1) is 16.9. The molecule has 0 spiro atoms. The maximum atomic E-state index is 13.2. The van der Waals surface area contributed by atoms with Crippen molar-refractivity contribution >= 4 is 17.9 Å². The molecule has 0 aromatic heterocycles. The molecule has 1 aliphatic heterocycles. The molecule has 0 radical (unpaired) electrons. The van der Waals surface area contributed by atoms with Gasteiger partial charge in [0.25, 0.3) is 0 Å². The van der Waals surface area contributed by atoms with Crippen LogP contribution in [0.15, 0.2) is 36.4 Å². The Morgan fingerprint density at radius 3 is 2.56 bits per heavy atom. The second-order valence-electron chi connectivity index (χ2n) is 8.52. The zero-order valence-electron chi connectivity index (χ0n) is 16.1. The monoisotopic (exact) mass is 358 g/mol. The van der Waals surface area contributed by atoms with Crippen LogP contribution in [0.3, 0.4) is 0 Å². The first-order chi connectivity index (χ1) is 13.1. The smallest absolute Gasteiger partial charge is 0.148 e. The lowest BCUT2D eigenvalue weighted by Crippen LogP contribution is -2.40. The SMILES string of the molecule is CC(C)C1C=c2ccccc2=c2ccc3c(c21)C(C(=O)C1COC1)CCC=3. The molecule has 27 heavy (non-hydrogen) atoms. The number of hydrogen-bond acceptors (Lipinski definition) is 2. The van der Waals surface area contributed by atoms with Gasteiger partial charge in [-0.05, 0) is 50.8 Å². The average Bonchev–Trinajstić information content (AvgIpc) is 2.64. The van der Waals surface area contributed by atoms with E-state index in [2.05, 4.69) is 62.4 Å². The fourth-order valence-electron chi connectivity index (χ4n) is 5.02. The van der Waals surface area contributed by atoms with E-state index in [4.69, 9.17) is 4.74 Å². The standard InChI is InChI=1S/C25H26O2/c1-15(2)22-12-17-6-3-4-8-19(17)20-11-10-16-7-5-9-21(23(16)24(20)22)25(26)18-13-27-14-18/h3-4,6-8,10-12,15,18,21-22H,5,9,13-14H2,1-2H3. The van der Waals surface area contributed by atoms with Crippen molar-refractivity contribution in [2.24, 2.45) is 11.8 Å². The van der Waals surface area contributed by atoms with Crippen LogP contribution in [0.5, 0.6) is 0 Å². The molecule has 138 valence electrons. The topological polar surface area (TPSA) is 26.3 Å². The second-order valence-corrected chi connectivity index (χ2v) is 8.52. The van der Waals surface area contributed by atoms with Crippen LogP contribution >= 0.6 is 0 Å². The predicted octanol–water partition coefficient (Wildman–Crippen LogP) is 3.38. The van der Waals surface area contributed by atoms with Crippen LogP contribution in [-0.4, -0.2) is 19.0 Å². The minimum absolute atomic E-state index is 0.0220. The summed E-state index contributed by atoms with van der Waals surface area (Å²) in [6.45, 7) is 5.79. The molecular weight excluding hydrogens is 332 g/mol. The molecule has 1 heterocycles. The number of ketones is 1. The van der Waals surface area contributed by atoms with Gasteiger partial charge in [0.05, 0.1) is 19.1 Å². The van der Waals surface area contributed by atoms with Crippen LogP contribution < -0.4 is 10.4 Å². The van der Waals surface area contributed by atoms with Gasteiger partial charge in [-0.15, -0.1) is 0 Å². The van der Waals surface area contributed by atoms with Crippen molar-refractivity contribution in [1.29, 1.82) is 0 Å². The minimum atomic E-state index is 0.0220. The molecule has 2 atom stereocenters. The van der Waals surface area contributed by atoms with Gasteiger partial charge >= 0.3 is 0 Å². The average molecular weight is 358 g/mol. The summed E-state index contributed by atoms with van der Waals surface area (Å²) < 4.78 is 5.32. The molecule has 2 unspecified atom stereocenters. The largest absolute Gasteiger partial charge is 0.380 e. The molecule has 2 aromatic carbocycles. The summed E-state index contributed by atoms with van der Waals surface area (Å²) in [5, 5.41) is 5.22. The molecule has 2 nitrogen and oxygen atoms in total. The van der Waals surface area contributed by atoms with Crippen molar-refractivity contribution in [2.75, 3.05) is 13.2 Å². The van der Waals surface area contributed by atoms with Gasteiger partial charge in [-0.25, -0.2) is 0 Å². The fraction of sp³-hybridized carbons (Fsp3) is 0.400. The van der Waals surface area contributed by atoms with Crippen molar-refractivity contribution in [2.45, 2.75) is 38.5 Å². The first-order valence-corrected chi connectivity index (χ1v) is 10.2. The third-order valence-corrected chi connectivity index (χ3v) is 6.53. The van der Waals surface area contributed by atoms with Crippen LogP contribution in [0.1, 0.15) is 49.7 Å². The van der Waals surface area contributed by atoms with Crippen LogP contribution in [0, 0.1) is 22.3 Å². The molecule has 2 aromatic rings. The van der Waals surface area contributed by atoms with Crippen molar-refractivity contribution in [3.63, 3.8) is 0 Å². The van der Waals surface area contributed by atoms with Gasteiger partial charge in [-0.2, -0.15) is 0 Å². The normalized spacial score (nSPS) is 23.4. The lowest BCUT2D eigenvalue weighted by Gasteiger charge is -2.33. The number of Topliss-reactive ketones (excluding diaryl/α,β-unsaturated/α-hetero) is 1. The van der Waals surface area contributed by atoms with Crippen molar-refractivity contribution in [3.05, 3.63) is 68.4 Å². The van der Waals surface area contributed by atoms with Gasteiger partial charge in [0.1, 0.15) is 5.78 Å². The van der Waals surface area contributed by atoms with E-state index >= 15 is 0 Å². The Morgan fingerprint density at radius 2 is 1.81 bits per heavy atom. The van der Waals surface area contributed by atoms with Crippen molar-refractivity contribution in [3.8, 4) is 0 Å². The highest BCUT2D eigenvalue weighted by Gasteiger charge is 2.36. The number of ether oxygens (including phenoxy) is 1. The molecule has 1 fully saturated rings. The third-order valence-electron chi connectivity index (χ3n) is 6.53. The van der Waals surface area contributed by atoms with E-state index in [0.717, 1.165) is 12.8 Å². The molecule has 0 saturated carbocycles. The number of carbonyl (C=O) groups is 1. The van der Waals surface area contributed by atoms with Gasteiger partial charge in [-0.3, -0.25) is 4.79 Å².